The second-order valence-corrected chi connectivity index (χ2v) is 6.73. The van der Waals surface area contributed by atoms with Crippen molar-refractivity contribution >= 4 is 46.3 Å². The summed E-state index contributed by atoms with van der Waals surface area (Å²) in [7, 11) is 0. The normalized spacial score (nSPS) is 18.8. The van der Waals surface area contributed by atoms with Crippen LogP contribution in [-0.4, -0.2) is 32.2 Å². The molecule has 0 saturated carbocycles. The minimum absolute atomic E-state index is 0.143. The molecule has 1 aliphatic heterocycles. The highest BCUT2D eigenvalue weighted by Crippen LogP contribution is 2.35. The SMILES string of the molecule is CC(C)C[C@@H](C(=O)O)N1C(=O)C(=Cc2ccco2)SC1=S. The molecule has 0 unspecified atom stereocenters. The highest BCUT2D eigenvalue weighted by molar-refractivity contribution is 8.26. The van der Waals surface area contributed by atoms with E-state index in [1.165, 1.54) is 11.2 Å². The quantitative estimate of drug-likeness (QED) is 0.663. The van der Waals surface area contributed by atoms with E-state index in [4.69, 9.17) is 16.6 Å². The Labute approximate surface area is 132 Å². The number of furan rings is 1. The van der Waals surface area contributed by atoms with Crippen LogP contribution in [0.1, 0.15) is 26.0 Å². The van der Waals surface area contributed by atoms with Gasteiger partial charge in [0.05, 0.1) is 11.2 Å². The van der Waals surface area contributed by atoms with Crippen molar-refractivity contribution in [2.45, 2.75) is 26.3 Å². The summed E-state index contributed by atoms with van der Waals surface area (Å²) in [6, 6.07) is 2.50. The van der Waals surface area contributed by atoms with Crippen molar-refractivity contribution < 1.29 is 19.1 Å². The van der Waals surface area contributed by atoms with E-state index in [-0.39, 0.29) is 16.1 Å². The molecule has 0 aliphatic carbocycles. The predicted molar refractivity (Wildman–Crippen MR) is 84.6 cm³/mol. The molecule has 0 aromatic carbocycles. The molecule has 1 saturated heterocycles. The van der Waals surface area contributed by atoms with E-state index in [1.54, 1.807) is 18.2 Å². The average Bonchev–Trinajstić information content (AvgIpc) is 2.97. The van der Waals surface area contributed by atoms with E-state index in [2.05, 4.69) is 0 Å². The maximum Gasteiger partial charge on any atom is 0.326 e. The number of carboxylic acid groups (broad SMARTS) is 1. The zero-order valence-electron chi connectivity index (χ0n) is 11.6. The number of nitrogens with zero attached hydrogens (tertiary/aromatic N) is 1. The van der Waals surface area contributed by atoms with Crippen LogP contribution < -0.4 is 0 Å². The fourth-order valence-corrected chi connectivity index (χ4v) is 3.35. The summed E-state index contributed by atoms with van der Waals surface area (Å²) in [5, 5.41) is 9.36. The highest BCUT2D eigenvalue weighted by atomic mass is 32.2. The number of thioether (sulfide) groups is 1. The first kappa shape index (κ1) is 15.8. The lowest BCUT2D eigenvalue weighted by atomic mass is 10.0. The minimum Gasteiger partial charge on any atom is -0.480 e. The molecule has 0 spiro atoms. The Hall–Kier alpha value is -1.60. The van der Waals surface area contributed by atoms with Crippen LogP contribution in [0.2, 0.25) is 0 Å². The van der Waals surface area contributed by atoms with Gasteiger partial charge in [-0.1, -0.05) is 37.8 Å². The van der Waals surface area contributed by atoms with E-state index in [9.17, 15) is 14.7 Å². The first-order chi connectivity index (χ1) is 9.90. The van der Waals surface area contributed by atoms with Crippen molar-refractivity contribution in [3.8, 4) is 0 Å². The van der Waals surface area contributed by atoms with Crippen molar-refractivity contribution in [2.24, 2.45) is 5.92 Å². The number of thiocarbonyl (C=S) groups is 1. The Bertz CT molecular complexity index is 592. The van der Waals surface area contributed by atoms with Crippen molar-refractivity contribution in [1.82, 2.24) is 4.90 Å². The fraction of sp³-hybridized carbons (Fsp3) is 0.357. The number of carboxylic acids is 1. The summed E-state index contributed by atoms with van der Waals surface area (Å²) in [6.07, 6.45) is 3.44. The van der Waals surface area contributed by atoms with Gasteiger partial charge in [-0.2, -0.15) is 0 Å². The van der Waals surface area contributed by atoms with Gasteiger partial charge < -0.3 is 9.52 Å². The molecule has 1 aliphatic rings. The van der Waals surface area contributed by atoms with E-state index in [0.29, 0.717) is 17.1 Å². The summed E-state index contributed by atoms with van der Waals surface area (Å²) >= 11 is 6.27. The van der Waals surface area contributed by atoms with Crippen LogP contribution in [0.5, 0.6) is 0 Å². The molecule has 1 aromatic heterocycles. The molecule has 112 valence electrons. The first-order valence-corrected chi connectivity index (χ1v) is 7.66. The van der Waals surface area contributed by atoms with Crippen LogP contribution in [0, 0.1) is 5.92 Å². The van der Waals surface area contributed by atoms with Crippen LogP contribution >= 0.6 is 24.0 Å². The third kappa shape index (κ3) is 3.54. The topological polar surface area (TPSA) is 70.8 Å². The molecule has 7 heteroatoms. The Morgan fingerprint density at radius 2 is 2.29 bits per heavy atom. The Balaban J connectivity index is 2.27. The van der Waals surface area contributed by atoms with Gasteiger partial charge in [-0.3, -0.25) is 9.69 Å². The third-order valence-corrected chi connectivity index (χ3v) is 4.26. The van der Waals surface area contributed by atoms with E-state index >= 15 is 0 Å². The van der Waals surface area contributed by atoms with Gasteiger partial charge >= 0.3 is 5.97 Å². The number of hydrogen-bond acceptors (Lipinski definition) is 5. The van der Waals surface area contributed by atoms with Gasteiger partial charge in [0.2, 0.25) is 0 Å². The lowest BCUT2D eigenvalue weighted by Crippen LogP contribution is -2.44. The molecule has 0 bridgehead atoms. The van der Waals surface area contributed by atoms with Gasteiger partial charge in [0, 0.05) is 6.08 Å². The monoisotopic (exact) mass is 325 g/mol. The maximum absolute atomic E-state index is 12.4. The van der Waals surface area contributed by atoms with E-state index in [1.807, 2.05) is 13.8 Å². The van der Waals surface area contributed by atoms with Crippen LogP contribution in [0.4, 0.5) is 0 Å². The molecule has 0 radical (unpaired) electrons. The molecule has 2 heterocycles. The van der Waals surface area contributed by atoms with Crippen LogP contribution in [0.25, 0.3) is 6.08 Å². The highest BCUT2D eigenvalue weighted by Gasteiger charge is 2.40. The summed E-state index contributed by atoms with van der Waals surface area (Å²) in [6.45, 7) is 3.82. The van der Waals surface area contributed by atoms with Gasteiger partial charge in [-0.25, -0.2) is 4.79 Å². The van der Waals surface area contributed by atoms with Gasteiger partial charge in [0.15, 0.2) is 0 Å². The fourth-order valence-electron chi connectivity index (χ4n) is 2.01. The molecule has 2 rings (SSSR count). The minimum atomic E-state index is -1.04. The number of hydrogen-bond donors (Lipinski definition) is 1. The zero-order chi connectivity index (χ0) is 15.6. The predicted octanol–water partition coefficient (Wildman–Crippen LogP) is 2.98. The van der Waals surface area contributed by atoms with Gasteiger partial charge in [-0.05, 0) is 24.5 Å². The van der Waals surface area contributed by atoms with Crippen molar-refractivity contribution in [3.63, 3.8) is 0 Å². The van der Waals surface area contributed by atoms with Crippen LogP contribution in [0.3, 0.4) is 0 Å². The van der Waals surface area contributed by atoms with Crippen molar-refractivity contribution in [2.75, 3.05) is 0 Å². The van der Waals surface area contributed by atoms with Crippen molar-refractivity contribution in [3.05, 3.63) is 29.1 Å². The molecule has 1 N–H and O–H groups in total. The average molecular weight is 325 g/mol. The Kier molecular flexibility index (Phi) is 4.84. The Morgan fingerprint density at radius 1 is 1.57 bits per heavy atom. The third-order valence-electron chi connectivity index (χ3n) is 2.93. The molecular weight excluding hydrogens is 310 g/mol. The first-order valence-electron chi connectivity index (χ1n) is 6.43. The molecular formula is C14H15NO4S2. The molecule has 1 atom stereocenters. The molecule has 1 amide bonds. The number of carbonyl (C=O) groups excluding carboxylic acids is 1. The maximum atomic E-state index is 12.4. The second-order valence-electron chi connectivity index (χ2n) is 5.05. The van der Waals surface area contributed by atoms with Crippen LogP contribution in [0.15, 0.2) is 27.7 Å². The summed E-state index contributed by atoms with van der Waals surface area (Å²) in [5.74, 6) is -0.746. The smallest absolute Gasteiger partial charge is 0.326 e. The standard InChI is InChI=1S/C14H15NO4S2/c1-8(2)6-10(13(17)18)15-12(16)11(21-14(15)20)7-9-4-3-5-19-9/h3-5,7-8,10H,6H2,1-2H3,(H,17,18)/t10-/m0/s1. The van der Waals surface area contributed by atoms with Gasteiger partial charge in [0.1, 0.15) is 16.1 Å². The number of aliphatic carboxylic acids is 1. The van der Waals surface area contributed by atoms with E-state index < -0.39 is 12.0 Å². The molecule has 21 heavy (non-hydrogen) atoms. The molecule has 1 fully saturated rings. The summed E-state index contributed by atoms with van der Waals surface area (Å²) in [5.41, 5.74) is 0. The molecule has 5 nitrogen and oxygen atoms in total. The largest absolute Gasteiger partial charge is 0.480 e. The lowest BCUT2D eigenvalue weighted by Gasteiger charge is -2.24. The van der Waals surface area contributed by atoms with E-state index in [0.717, 1.165) is 11.8 Å². The second kappa shape index (κ2) is 6.44. The Morgan fingerprint density at radius 3 is 2.81 bits per heavy atom. The number of rotatable bonds is 5. The van der Waals surface area contributed by atoms with Gasteiger partial charge in [0.25, 0.3) is 5.91 Å². The zero-order valence-corrected chi connectivity index (χ0v) is 13.2. The number of carbonyl (C=O) groups is 2. The summed E-state index contributed by atoms with van der Waals surface area (Å²) < 4.78 is 5.44. The lowest BCUT2D eigenvalue weighted by molar-refractivity contribution is -0.145. The van der Waals surface area contributed by atoms with Crippen molar-refractivity contribution in [1.29, 1.82) is 0 Å². The molecule has 1 aromatic rings. The number of amides is 1. The van der Waals surface area contributed by atoms with Crippen LogP contribution in [-0.2, 0) is 9.59 Å². The summed E-state index contributed by atoms with van der Waals surface area (Å²) in [4.78, 5) is 25.4. The van der Waals surface area contributed by atoms with Gasteiger partial charge in [-0.15, -0.1) is 0 Å².